The minimum Gasteiger partial charge on any atom is -0.493 e. The minimum atomic E-state index is -4.62. The number of nitrogens with zero attached hydrogens (tertiary/aromatic N) is 7. The fraction of sp³-hybridized carbons (Fsp3) is 0.458. The van der Waals surface area contributed by atoms with Gasteiger partial charge in [-0.25, -0.2) is 9.97 Å². The van der Waals surface area contributed by atoms with Gasteiger partial charge in [-0.2, -0.15) is 26.3 Å². The van der Waals surface area contributed by atoms with E-state index in [2.05, 4.69) is 42.4 Å². The standard InChI is InChI=1S/C48H56F6IN7O5/c1-5-64-39-24-33(25-40(45(39)55)67-32-63-4)30-58-20-14-37(15-21-58)61(43-12-10-35(28-56-43)47(49,50)51)62(44-13-11-36(29-57-44)48(52,53)54)38-16-22-59(23-17-38)31-34-26-41(65-6-2)46(42(27-34)66-7-3)60-18-8-9-19-60/h8-13,18-19,24-29,37-38H,5-7,14-17,20-23,30-32H2,1-4H3. The molecule has 3 aromatic heterocycles. The highest BCUT2D eigenvalue weighted by Crippen LogP contribution is 2.39. The monoisotopic (exact) mass is 1050 g/mol. The number of benzene rings is 2. The molecule has 2 aromatic carbocycles. The molecule has 2 saturated heterocycles. The van der Waals surface area contributed by atoms with Crippen molar-refractivity contribution in [3.05, 3.63) is 111 Å². The molecule has 2 aliphatic rings. The number of alkyl halides is 6. The molecule has 7 rings (SSSR count). The number of hydrogen-bond acceptors (Lipinski definition) is 11. The smallest absolute Gasteiger partial charge is 0.417 e. The average Bonchev–Trinajstić information content (AvgIpc) is 3.84. The van der Waals surface area contributed by atoms with Gasteiger partial charge >= 0.3 is 12.4 Å². The predicted octanol–water partition coefficient (Wildman–Crippen LogP) is 10.6. The molecule has 2 fully saturated rings. The Morgan fingerprint density at radius 3 is 1.39 bits per heavy atom. The zero-order chi connectivity index (χ0) is 47.7. The molecule has 0 radical (unpaired) electrons. The molecule has 0 saturated carbocycles. The quantitative estimate of drug-likeness (QED) is 0.0343. The number of methoxy groups -OCH3 is 1. The number of rotatable bonds is 19. The van der Waals surface area contributed by atoms with Crippen molar-refractivity contribution < 1.29 is 50.0 Å². The van der Waals surface area contributed by atoms with Crippen LogP contribution >= 0.6 is 22.6 Å². The molecule has 12 nitrogen and oxygen atoms in total. The van der Waals surface area contributed by atoms with E-state index in [9.17, 15) is 26.3 Å². The van der Waals surface area contributed by atoms with Crippen LogP contribution in [0.4, 0.5) is 38.0 Å². The number of halogens is 7. The van der Waals surface area contributed by atoms with E-state index in [-0.39, 0.29) is 30.5 Å². The van der Waals surface area contributed by atoms with Crippen LogP contribution in [0.3, 0.4) is 0 Å². The molecule has 2 aliphatic heterocycles. The first kappa shape index (κ1) is 49.9. The first-order valence-electron chi connectivity index (χ1n) is 22.4. The molecule has 5 aromatic rings. The molecule has 0 unspecified atom stereocenters. The summed E-state index contributed by atoms with van der Waals surface area (Å²) < 4.78 is 115. The number of aromatic nitrogens is 3. The Morgan fingerprint density at radius 2 is 1.01 bits per heavy atom. The summed E-state index contributed by atoms with van der Waals surface area (Å²) in [7, 11) is 1.55. The third-order valence-electron chi connectivity index (χ3n) is 11.7. The van der Waals surface area contributed by atoms with Gasteiger partial charge in [-0.1, -0.05) is 0 Å². The molecule has 5 heterocycles. The van der Waals surface area contributed by atoms with Crippen LogP contribution in [0.2, 0.25) is 0 Å². The van der Waals surface area contributed by atoms with Gasteiger partial charge in [0.2, 0.25) is 0 Å². The molecule has 0 amide bonds. The number of ether oxygens (including phenoxy) is 5. The van der Waals surface area contributed by atoms with E-state index in [0.717, 1.165) is 44.9 Å². The fourth-order valence-electron chi connectivity index (χ4n) is 8.69. The van der Waals surface area contributed by atoms with Gasteiger partial charge in [0.15, 0.2) is 6.79 Å². The zero-order valence-corrected chi connectivity index (χ0v) is 40.1. The van der Waals surface area contributed by atoms with E-state index in [4.69, 9.17) is 23.7 Å². The van der Waals surface area contributed by atoms with Crippen LogP contribution in [-0.4, -0.2) is 96.3 Å². The summed E-state index contributed by atoms with van der Waals surface area (Å²) in [5.41, 5.74) is 0.960. The van der Waals surface area contributed by atoms with E-state index < -0.39 is 23.5 Å². The number of anilines is 2. The van der Waals surface area contributed by atoms with Crippen LogP contribution in [0.15, 0.2) is 85.5 Å². The third kappa shape index (κ3) is 12.4. The normalized spacial score (nSPS) is 15.7. The lowest BCUT2D eigenvalue weighted by molar-refractivity contribution is -0.138. The van der Waals surface area contributed by atoms with Gasteiger partial charge in [0.05, 0.1) is 46.6 Å². The number of hydrazine groups is 1. The topological polar surface area (TPSA) is 89.8 Å². The predicted molar refractivity (Wildman–Crippen MR) is 251 cm³/mol. The molecule has 0 atom stereocenters. The molecule has 0 aliphatic carbocycles. The molecular formula is C48H56F6IN7O5. The van der Waals surface area contributed by atoms with Gasteiger partial charge in [0.1, 0.15) is 40.3 Å². The highest BCUT2D eigenvalue weighted by molar-refractivity contribution is 14.1. The molecule has 0 bridgehead atoms. The maximum atomic E-state index is 13.9. The van der Waals surface area contributed by atoms with Crippen molar-refractivity contribution in [2.45, 2.75) is 84.0 Å². The van der Waals surface area contributed by atoms with E-state index in [1.807, 2.05) is 84.1 Å². The number of pyridine rings is 2. The van der Waals surface area contributed by atoms with Gasteiger partial charge in [-0.05, 0) is 141 Å². The number of likely N-dealkylation sites (tertiary alicyclic amines) is 2. The summed E-state index contributed by atoms with van der Waals surface area (Å²) >= 11 is 2.19. The Morgan fingerprint density at radius 1 is 0.612 bits per heavy atom. The Kier molecular flexibility index (Phi) is 16.7. The Bertz CT molecular complexity index is 2310. The van der Waals surface area contributed by atoms with E-state index in [0.29, 0.717) is 108 Å². The number of hydrogen-bond donors (Lipinski definition) is 0. The summed E-state index contributed by atoms with van der Waals surface area (Å²) in [5, 5.41) is 3.76. The summed E-state index contributed by atoms with van der Waals surface area (Å²) in [4.78, 5) is 13.4. The lowest BCUT2D eigenvalue weighted by Crippen LogP contribution is -2.59. The van der Waals surface area contributed by atoms with Gasteiger partial charge in [-0.3, -0.25) is 19.8 Å². The second-order valence-electron chi connectivity index (χ2n) is 16.3. The van der Waals surface area contributed by atoms with Crippen molar-refractivity contribution in [1.82, 2.24) is 24.3 Å². The molecule has 67 heavy (non-hydrogen) atoms. The zero-order valence-electron chi connectivity index (χ0n) is 38.0. The average molecular weight is 1050 g/mol. The Hall–Kier alpha value is -4.99. The van der Waals surface area contributed by atoms with E-state index >= 15 is 0 Å². The summed E-state index contributed by atoms with van der Waals surface area (Å²) in [6.45, 7) is 10.8. The van der Waals surface area contributed by atoms with Crippen molar-refractivity contribution in [3.8, 4) is 28.7 Å². The lowest BCUT2D eigenvalue weighted by atomic mass is 10.0. The van der Waals surface area contributed by atoms with Gasteiger partial charge < -0.3 is 28.3 Å². The second-order valence-corrected chi connectivity index (χ2v) is 17.4. The minimum absolute atomic E-state index is 0.0707. The van der Waals surface area contributed by atoms with Crippen molar-refractivity contribution in [2.24, 2.45) is 0 Å². The van der Waals surface area contributed by atoms with E-state index in [1.165, 1.54) is 12.1 Å². The van der Waals surface area contributed by atoms with Crippen LogP contribution in [0.5, 0.6) is 23.0 Å². The van der Waals surface area contributed by atoms with Crippen molar-refractivity contribution in [2.75, 3.05) is 69.9 Å². The fourth-order valence-corrected chi connectivity index (χ4v) is 9.31. The maximum Gasteiger partial charge on any atom is 0.417 e. The third-order valence-corrected chi connectivity index (χ3v) is 12.8. The molecule has 0 N–H and O–H groups in total. The largest absolute Gasteiger partial charge is 0.493 e. The first-order valence-corrected chi connectivity index (χ1v) is 23.5. The van der Waals surface area contributed by atoms with Gasteiger partial charge in [0, 0.05) is 71.2 Å². The van der Waals surface area contributed by atoms with Crippen molar-refractivity contribution in [1.29, 1.82) is 0 Å². The first-order chi connectivity index (χ1) is 32.2. The van der Waals surface area contributed by atoms with Crippen molar-refractivity contribution >= 4 is 34.2 Å². The summed E-state index contributed by atoms with van der Waals surface area (Å²) in [6.07, 6.45) is -1.47. The van der Waals surface area contributed by atoms with Crippen LogP contribution in [0.25, 0.3) is 5.69 Å². The van der Waals surface area contributed by atoms with Crippen LogP contribution in [0, 0.1) is 3.57 Å². The molecule has 0 spiro atoms. The SMILES string of the molecule is CCOc1cc(CN2CCC(N(c3ccc(C(F)(F)F)cn3)N(c3ccc(C(F)(F)F)cn3)C3CCN(Cc4cc(OCC)c(-n5cccc5)c(OCC)c4)CC3)CC2)cc(OCOC)c1I. The lowest BCUT2D eigenvalue weighted by Gasteiger charge is -2.49. The van der Waals surface area contributed by atoms with Crippen LogP contribution in [0.1, 0.15) is 68.7 Å². The Labute approximate surface area is 400 Å². The number of piperidine rings is 2. The summed E-state index contributed by atoms with van der Waals surface area (Å²) in [6, 6.07) is 16.0. The second kappa shape index (κ2) is 22.4. The Balaban J connectivity index is 1.17. The highest BCUT2D eigenvalue weighted by atomic mass is 127. The highest BCUT2D eigenvalue weighted by Gasteiger charge is 2.39. The van der Waals surface area contributed by atoms with E-state index in [1.54, 1.807) is 7.11 Å². The molecule has 19 heteroatoms. The van der Waals surface area contributed by atoms with Crippen LogP contribution in [-0.2, 0) is 30.2 Å². The van der Waals surface area contributed by atoms with Crippen LogP contribution < -0.4 is 29.0 Å². The molecular weight excluding hydrogens is 995 g/mol. The van der Waals surface area contributed by atoms with Gasteiger partial charge in [0.25, 0.3) is 0 Å². The maximum absolute atomic E-state index is 13.9. The van der Waals surface area contributed by atoms with Crippen molar-refractivity contribution in [3.63, 3.8) is 0 Å². The van der Waals surface area contributed by atoms with Gasteiger partial charge in [-0.15, -0.1) is 0 Å². The molecule has 362 valence electrons. The summed E-state index contributed by atoms with van der Waals surface area (Å²) in [5.74, 6) is 3.20.